The lowest BCUT2D eigenvalue weighted by Gasteiger charge is -2.43. The van der Waals surface area contributed by atoms with Crippen LogP contribution in [0, 0.1) is 0 Å². The summed E-state index contributed by atoms with van der Waals surface area (Å²) < 4.78 is 50.7. The van der Waals surface area contributed by atoms with Gasteiger partial charge in [0.15, 0.2) is 6.61 Å². The molecule has 9 nitrogen and oxygen atoms in total. The van der Waals surface area contributed by atoms with Gasteiger partial charge in [0.2, 0.25) is 0 Å². The van der Waals surface area contributed by atoms with Crippen LogP contribution in [0.2, 0.25) is 0 Å². The Bertz CT molecular complexity index is 1110. The second kappa shape index (κ2) is 10.9. The van der Waals surface area contributed by atoms with Crippen LogP contribution in [0.4, 0.5) is 29.3 Å². The van der Waals surface area contributed by atoms with E-state index in [0.29, 0.717) is 19.1 Å². The minimum atomic E-state index is -4.46. The molecule has 2 aromatic rings. The van der Waals surface area contributed by atoms with E-state index in [4.69, 9.17) is 15.2 Å². The minimum absolute atomic E-state index is 0.0188. The third kappa shape index (κ3) is 7.03. The number of aromatic nitrogens is 2. The first-order valence-electron chi connectivity index (χ1n) is 12.9. The number of amides is 1. The SMILES string of the molecule is Cn1cc(-c2cc(N)c(OCC(F)(F)F)cc2N2CCC(N3CCN(C(=O)OC(C)(C)C)CC3)CC2)cn1. The van der Waals surface area contributed by atoms with Gasteiger partial charge in [0, 0.05) is 81.4 Å². The molecule has 4 rings (SSSR count). The molecule has 1 aromatic carbocycles. The highest BCUT2D eigenvalue weighted by molar-refractivity contribution is 5.83. The van der Waals surface area contributed by atoms with Crippen LogP contribution in [0.15, 0.2) is 24.5 Å². The van der Waals surface area contributed by atoms with Gasteiger partial charge >= 0.3 is 12.3 Å². The Hall–Kier alpha value is -3.15. The van der Waals surface area contributed by atoms with Crippen molar-refractivity contribution in [2.75, 3.05) is 56.5 Å². The summed E-state index contributed by atoms with van der Waals surface area (Å²) >= 11 is 0. The van der Waals surface area contributed by atoms with Crippen LogP contribution in [-0.2, 0) is 11.8 Å². The van der Waals surface area contributed by atoms with E-state index in [1.165, 1.54) is 0 Å². The quantitative estimate of drug-likeness (QED) is 0.573. The van der Waals surface area contributed by atoms with Crippen molar-refractivity contribution >= 4 is 17.5 Å². The smallest absolute Gasteiger partial charge is 0.422 e. The van der Waals surface area contributed by atoms with Crippen molar-refractivity contribution < 1.29 is 27.4 Å². The maximum Gasteiger partial charge on any atom is 0.422 e. The van der Waals surface area contributed by atoms with Crippen molar-refractivity contribution in [2.24, 2.45) is 7.05 Å². The van der Waals surface area contributed by atoms with Gasteiger partial charge in [0.1, 0.15) is 11.4 Å². The van der Waals surface area contributed by atoms with Gasteiger partial charge in [0.25, 0.3) is 0 Å². The first-order chi connectivity index (χ1) is 17.8. The topological polar surface area (TPSA) is 89.1 Å². The maximum absolute atomic E-state index is 12.8. The fourth-order valence-corrected chi connectivity index (χ4v) is 4.99. The molecular formula is C26H37F3N6O3. The molecular weight excluding hydrogens is 501 g/mol. The Labute approximate surface area is 221 Å². The molecule has 2 N–H and O–H groups in total. The highest BCUT2D eigenvalue weighted by Gasteiger charge is 2.32. The van der Waals surface area contributed by atoms with E-state index in [1.807, 2.05) is 27.0 Å². The third-order valence-corrected chi connectivity index (χ3v) is 6.82. The summed E-state index contributed by atoms with van der Waals surface area (Å²) in [5, 5.41) is 4.24. The zero-order chi connectivity index (χ0) is 27.7. The predicted molar refractivity (Wildman–Crippen MR) is 139 cm³/mol. The normalized spacial score (nSPS) is 18.1. The summed E-state index contributed by atoms with van der Waals surface area (Å²) in [6.07, 6.45) is 0.614. The number of alkyl halides is 3. The number of halogens is 3. The molecule has 1 amide bonds. The van der Waals surface area contributed by atoms with Gasteiger partial charge in [-0.3, -0.25) is 9.58 Å². The number of hydrogen-bond acceptors (Lipinski definition) is 7. The number of rotatable bonds is 5. The molecule has 0 atom stereocenters. The standard InChI is InChI=1S/C26H37F3N6O3/c1-25(2,3)38-24(36)35-11-9-33(10-12-35)19-5-7-34(8-6-19)22-14-23(37-17-26(27,28)29)21(30)13-20(22)18-15-31-32(4)16-18/h13-16,19H,5-12,17,30H2,1-4H3. The van der Waals surface area contributed by atoms with Crippen molar-refractivity contribution in [3.8, 4) is 16.9 Å². The lowest BCUT2D eigenvalue weighted by molar-refractivity contribution is -0.153. The summed E-state index contributed by atoms with van der Waals surface area (Å²) in [5.74, 6) is 0.0188. The van der Waals surface area contributed by atoms with Crippen molar-refractivity contribution in [2.45, 2.75) is 51.4 Å². The number of hydrogen-bond donors (Lipinski definition) is 1. The molecule has 38 heavy (non-hydrogen) atoms. The van der Waals surface area contributed by atoms with Crippen LogP contribution >= 0.6 is 0 Å². The molecule has 0 unspecified atom stereocenters. The second-order valence-electron chi connectivity index (χ2n) is 10.9. The molecule has 1 aromatic heterocycles. The Morgan fingerprint density at radius 2 is 1.74 bits per heavy atom. The summed E-state index contributed by atoms with van der Waals surface area (Å²) in [5.41, 5.74) is 8.14. The number of nitrogen functional groups attached to an aromatic ring is 1. The van der Waals surface area contributed by atoms with E-state index >= 15 is 0 Å². The zero-order valence-electron chi connectivity index (χ0n) is 22.4. The van der Waals surface area contributed by atoms with Gasteiger partial charge in [-0.05, 0) is 39.7 Å². The molecule has 3 heterocycles. The molecule has 0 bridgehead atoms. The van der Waals surface area contributed by atoms with Gasteiger partial charge < -0.3 is 25.0 Å². The van der Waals surface area contributed by atoms with Crippen LogP contribution in [-0.4, -0.2) is 89.4 Å². The number of carbonyl (C=O) groups is 1. The first-order valence-corrected chi connectivity index (χ1v) is 12.9. The highest BCUT2D eigenvalue weighted by atomic mass is 19.4. The van der Waals surface area contributed by atoms with Crippen molar-refractivity contribution in [1.82, 2.24) is 19.6 Å². The number of aryl methyl sites for hydroxylation is 1. The maximum atomic E-state index is 12.8. The van der Waals surface area contributed by atoms with Crippen molar-refractivity contribution in [3.63, 3.8) is 0 Å². The molecule has 0 spiro atoms. The minimum Gasteiger partial charge on any atom is -0.482 e. The van der Waals surface area contributed by atoms with Gasteiger partial charge in [-0.15, -0.1) is 0 Å². The van der Waals surface area contributed by atoms with Crippen LogP contribution in [0.3, 0.4) is 0 Å². The summed E-state index contributed by atoms with van der Waals surface area (Å²) in [6.45, 7) is 8.45. The zero-order valence-corrected chi connectivity index (χ0v) is 22.4. The molecule has 0 radical (unpaired) electrons. The number of piperidine rings is 1. The van der Waals surface area contributed by atoms with Crippen LogP contribution in [0.25, 0.3) is 11.1 Å². The number of nitrogens with zero attached hydrogens (tertiary/aromatic N) is 5. The Morgan fingerprint density at radius 3 is 2.29 bits per heavy atom. The van der Waals surface area contributed by atoms with Gasteiger partial charge in [0.05, 0.1) is 11.9 Å². The Balaban J connectivity index is 1.43. The largest absolute Gasteiger partial charge is 0.482 e. The van der Waals surface area contributed by atoms with E-state index in [0.717, 1.165) is 55.8 Å². The summed E-state index contributed by atoms with van der Waals surface area (Å²) in [7, 11) is 1.81. The lowest BCUT2D eigenvalue weighted by atomic mass is 9.98. The van der Waals surface area contributed by atoms with E-state index in [1.54, 1.807) is 35.0 Å². The number of ether oxygens (including phenoxy) is 2. The van der Waals surface area contributed by atoms with E-state index in [9.17, 15) is 18.0 Å². The number of anilines is 2. The molecule has 2 aliphatic heterocycles. The van der Waals surface area contributed by atoms with Gasteiger partial charge in [-0.25, -0.2) is 4.79 Å². The van der Waals surface area contributed by atoms with E-state index in [-0.39, 0.29) is 17.5 Å². The molecule has 210 valence electrons. The number of nitrogens with two attached hydrogens (primary N) is 1. The number of carbonyl (C=O) groups excluding carboxylic acids is 1. The number of piperazine rings is 1. The summed E-state index contributed by atoms with van der Waals surface area (Å²) in [6, 6.07) is 3.65. The summed E-state index contributed by atoms with van der Waals surface area (Å²) in [4.78, 5) is 18.7. The fraction of sp³-hybridized carbons (Fsp3) is 0.615. The predicted octanol–water partition coefficient (Wildman–Crippen LogP) is 4.13. The average molecular weight is 539 g/mol. The molecule has 2 fully saturated rings. The lowest BCUT2D eigenvalue weighted by Crippen LogP contribution is -2.55. The average Bonchev–Trinajstić information content (AvgIpc) is 3.28. The monoisotopic (exact) mass is 538 g/mol. The fourth-order valence-electron chi connectivity index (χ4n) is 4.99. The molecule has 2 saturated heterocycles. The van der Waals surface area contributed by atoms with Crippen molar-refractivity contribution in [3.05, 3.63) is 24.5 Å². The Kier molecular flexibility index (Phi) is 8.01. The van der Waals surface area contributed by atoms with Crippen molar-refractivity contribution in [1.29, 1.82) is 0 Å². The van der Waals surface area contributed by atoms with Crippen LogP contribution < -0.4 is 15.4 Å². The molecule has 0 saturated carbocycles. The van der Waals surface area contributed by atoms with E-state index in [2.05, 4.69) is 14.9 Å². The Morgan fingerprint density at radius 1 is 1.08 bits per heavy atom. The van der Waals surface area contributed by atoms with Crippen LogP contribution in [0.1, 0.15) is 33.6 Å². The molecule has 0 aliphatic carbocycles. The van der Waals surface area contributed by atoms with Gasteiger partial charge in [-0.1, -0.05) is 0 Å². The van der Waals surface area contributed by atoms with Gasteiger partial charge in [-0.2, -0.15) is 18.3 Å². The second-order valence-corrected chi connectivity index (χ2v) is 10.9. The molecule has 12 heteroatoms. The first kappa shape index (κ1) is 27.9. The highest BCUT2D eigenvalue weighted by Crippen LogP contribution is 2.40. The number of benzene rings is 1. The van der Waals surface area contributed by atoms with Crippen LogP contribution in [0.5, 0.6) is 5.75 Å². The third-order valence-electron chi connectivity index (χ3n) is 6.82. The van der Waals surface area contributed by atoms with E-state index < -0.39 is 18.4 Å². The molecule has 2 aliphatic rings.